The predicted octanol–water partition coefficient (Wildman–Crippen LogP) is 2.61. The van der Waals surface area contributed by atoms with E-state index in [0.717, 1.165) is 62.5 Å². The summed E-state index contributed by atoms with van der Waals surface area (Å²) in [6.07, 6.45) is 5.61. The molecule has 2 atom stereocenters. The van der Waals surface area contributed by atoms with Crippen LogP contribution in [0.3, 0.4) is 0 Å². The van der Waals surface area contributed by atoms with Gasteiger partial charge in [-0.25, -0.2) is 0 Å². The average molecular weight is 423 g/mol. The van der Waals surface area contributed by atoms with E-state index in [1.165, 1.54) is 12.8 Å². The van der Waals surface area contributed by atoms with Crippen LogP contribution in [0.15, 0.2) is 24.3 Å². The van der Waals surface area contributed by atoms with Crippen molar-refractivity contribution in [2.75, 3.05) is 26.7 Å². The summed E-state index contributed by atoms with van der Waals surface area (Å²) in [4.78, 5) is 29.1. The second-order valence-electron chi connectivity index (χ2n) is 8.65. The number of rotatable bonds is 6. The van der Waals surface area contributed by atoms with Crippen LogP contribution in [0.25, 0.3) is 10.9 Å². The molecule has 0 N–H and O–H groups in total. The van der Waals surface area contributed by atoms with Gasteiger partial charge in [-0.2, -0.15) is 5.26 Å². The van der Waals surface area contributed by atoms with Crippen LogP contribution in [-0.4, -0.2) is 65.1 Å². The SMILES string of the molecule is COC(=O)CN1CCCC1C(=O)N1CCCC1CCc1cc2ccc(C#N)cc2n1C. The third kappa shape index (κ3) is 4.31. The number of fused-ring (bicyclic) bond motifs is 1. The summed E-state index contributed by atoms with van der Waals surface area (Å²) in [5.41, 5.74) is 2.95. The third-order valence-electron chi connectivity index (χ3n) is 6.88. The fourth-order valence-electron chi connectivity index (χ4n) is 5.15. The van der Waals surface area contributed by atoms with Crippen molar-refractivity contribution in [3.05, 3.63) is 35.5 Å². The van der Waals surface area contributed by atoms with Crippen LogP contribution in [0.1, 0.15) is 43.4 Å². The lowest BCUT2D eigenvalue weighted by atomic mass is 10.1. The lowest BCUT2D eigenvalue weighted by Gasteiger charge is -2.31. The summed E-state index contributed by atoms with van der Waals surface area (Å²) in [5.74, 6) is -0.118. The second-order valence-corrected chi connectivity index (χ2v) is 8.65. The molecular formula is C24H30N4O3. The topological polar surface area (TPSA) is 78.6 Å². The maximum Gasteiger partial charge on any atom is 0.319 e. The standard InChI is InChI=1S/C24H30N4O3/c1-26-20(14-18-8-7-17(15-25)13-22(18)26)10-9-19-5-3-12-28(19)24(30)21-6-4-11-27(21)16-23(29)31-2/h7-8,13-14,19,21H,3-6,9-12,16H2,1-2H3. The van der Waals surface area contributed by atoms with Gasteiger partial charge in [0.2, 0.25) is 5.91 Å². The number of nitrogens with zero attached hydrogens (tertiary/aromatic N) is 4. The molecule has 2 aliphatic rings. The van der Waals surface area contributed by atoms with Crippen LogP contribution in [0.4, 0.5) is 0 Å². The number of hydrogen-bond donors (Lipinski definition) is 0. The molecule has 2 unspecified atom stereocenters. The fourth-order valence-corrected chi connectivity index (χ4v) is 5.15. The van der Waals surface area contributed by atoms with E-state index in [1.54, 1.807) is 0 Å². The summed E-state index contributed by atoms with van der Waals surface area (Å²) in [6.45, 7) is 1.75. The number of carbonyl (C=O) groups excluding carboxylic acids is 2. The smallest absolute Gasteiger partial charge is 0.319 e. The van der Waals surface area contributed by atoms with Crippen LogP contribution in [-0.2, 0) is 27.8 Å². The number of nitriles is 1. The predicted molar refractivity (Wildman–Crippen MR) is 117 cm³/mol. The van der Waals surface area contributed by atoms with Gasteiger partial charge in [0.1, 0.15) is 0 Å². The zero-order chi connectivity index (χ0) is 22.0. The lowest BCUT2D eigenvalue weighted by Crippen LogP contribution is -2.48. The first-order valence-corrected chi connectivity index (χ1v) is 11.1. The number of methoxy groups -OCH3 is 1. The van der Waals surface area contributed by atoms with Crippen LogP contribution in [0, 0.1) is 11.3 Å². The van der Waals surface area contributed by atoms with Crippen molar-refractivity contribution in [2.45, 2.75) is 50.6 Å². The van der Waals surface area contributed by atoms with Crippen molar-refractivity contribution in [3.63, 3.8) is 0 Å². The van der Waals surface area contributed by atoms with E-state index >= 15 is 0 Å². The van der Waals surface area contributed by atoms with E-state index in [1.807, 2.05) is 30.1 Å². The maximum absolute atomic E-state index is 13.3. The summed E-state index contributed by atoms with van der Waals surface area (Å²) in [6, 6.07) is 10.2. The molecule has 2 aromatic rings. The quantitative estimate of drug-likeness (QED) is 0.669. The molecule has 0 aliphatic carbocycles. The monoisotopic (exact) mass is 422 g/mol. The third-order valence-corrected chi connectivity index (χ3v) is 6.88. The molecule has 2 saturated heterocycles. The first kappa shape index (κ1) is 21.4. The van der Waals surface area contributed by atoms with E-state index in [2.05, 4.69) is 21.6 Å². The van der Waals surface area contributed by atoms with E-state index in [-0.39, 0.29) is 30.5 Å². The molecule has 4 rings (SSSR count). The molecule has 164 valence electrons. The highest BCUT2D eigenvalue weighted by molar-refractivity contribution is 5.84. The molecule has 7 heteroatoms. The van der Waals surface area contributed by atoms with Crippen molar-refractivity contribution >= 4 is 22.8 Å². The summed E-state index contributed by atoms with van der Waals surface area (Å²) in [5, 5.41) is 10.3. The van der Waals surface area contributed by atoms with Crippen LogP contribution in [0.2, 0.25) is 0 Å². The number of amides is 1. The molecule has 0 spiro atoms. The minimum absolute atomic E-state index is 0.166. The van der Waals surface area contributed by atoms with Gasteiger partial charge in [0.05, 0.1) is 31.3 Å². The molecule has 2 fully saturated rings. The normalized spacial score (nSPS) is 21.5. The minimum Gasteiger partial charge on any atom is -0.468 e. The number of hydrogen-bond acceptors (Lipinski definition) is 5. The van der Waals surface area contributed by atoms with Gasteiger partial charge >= 0.3 is 5.97 Å². The Morgan fingerprint density at radius 3 is 2.77 bits per heavy atom. The zero-order valence-electron chi connectivity index (χ0n) is 18.3. The van der Waals surface area contributed by atoms with Crippen LogP contribution >= 0.6 is 0 Å². The first-order valence-electron chi connectivity index (χ1n) is 11.1. The molecule has 0 saturated carbocycles. The van der Waals surface area contributed by atoms with E-state index in [0.29, 0.717) is 5.56 Å². The number of aryl methyl sites for hydroxylation is 2. The molecular weight excluding hydrogens is 392 g/mol. The number of aromatic nitrogens is 1. The van der Waals surface area contributed by atoms with Crippen molar-refractivity contribution < 1.29 is 14.3 Å². The van der Waals surface area contributed by atoms with E-state index in [9.17, 15) is 9.59 Å². The summed E-state index contributed by atoms with van der Waals surface area (Å²) < 4.78 is 6.96. The highest BCUT2D eigenvalue weighted by Crippen LogP contribution is 2.28. The Morgan fingerprint density at radius 2 is 2.00 bits per heavy atom. The highest BCUT2D eigenvalue weighted by Gasteiger charge is 2.38. The molecule has 1 aromatic carbocycles. The average Bonchev–Trinajstić information content (AvgIpc) is 3.51. The molecule has 0 bridgehead atoms. The van der Waals surface area contributed by atoms with Gasteiger partial charge in [-0.05, 0) is 68.7 Å². The summed E-state index contributed by atoms with van der Waals surface area (Å²) in [7, 11) is 3.43. The van der Waals surface area contributed by atoms with Crippen molar-refractivity contribution in [2.24, 2.45) is 7.05 Å². The van der Waals surface area contributed by atoms with E-state index in [4.69, 9.17) is 10.00 Å². The Morgan fingerprint density at radius 1 is 1.19 bits per heavy atom. The second kappa shape index (κ2) is 9.11. The van der Waals surface area contributed by atoms with Gasteiger partial charge < -0.3 is 14.2 Å². The lowest BCUT2D eigenvalue weighted by molar-refractivity contribution is -0.144. The molecule has 0 radical (unpaired) electrons. The molecule has 31 heavy (non-hydrogen) atoms. The van der Waals surface area contributed by atoms with E-state index < -0.39 is 0 Å². The van der Waals surface area contributed by atoms with Gasteiger partial charge in [-0.1, -0.05) is 6.07 Å². The maximum atomic E-state index is 13.3. The largest absolute Gasteiger partial charge is 0.468 e. The zero-order valence-corrected chi connectivity index (χ0v) is 18.3. The van der Waals surface area contributed by atoms with Crippen LogP contribution < -0.4 is 0 Å². The van der Waals surface area contributed by atoms with Gasteiger partial charge in [0.15, 0.2) is 0 Å². The Kier molecular flexibility index (Phi) is 6.28. The Bertz CT molecular complexity index is 1020. The Labute approximate surface area is 183 Å². The van der Waals surface area contributed by atoms with Crippen LogP contribution in [0.5, 0.6) is 0 Å². The van der Waals surface area contributed by atoms with Gasteiger partial charge in [-0.3, -0.25) is 14.5 Å². The van der Waals surface area contributed by atoms with Gasteiger partial charge in [0, 0.05) is 30.8 Å². The van der Waals surface area contributed by atoms with Gasteiger partial charge in [0.25, 0.3) is 0 Å². The molecule has 3 heterocycles. The Balaban J connectivity index is 1.43. The number of esters is 1. The highest BCUT2D eigenvalue weighted by atomic mass is 16.5. The molecule has 1 amide bonds. The number of carbonyl (C=O) groups is 2. The molecule has 1 aromatic heterocycles. The molecule has 2 aliphatic heterocycles. The van der Waals surface area contributed by atoms with Crippen molar-refractivity contribution in [1.82, 2.24) is 14.4 Å². The minimum atomic E-state index is -0.284. The number of likely N-dealkylation sites (tertiary alicyclic amines) is 2. The van der Waals surface area contributed by atoms with Crippen molar-refractivity contribution in [3.8, 4) is 6.07 Å². The first-order chi connectivity index (χ1) is 15.0. The number of benzene rings is 1. The number of ether oxygens (including phenoxy) is 1. The Hall–Kier alpha value is -2.85. The van der Waals surface area contributed by atoms with Crippen molar-refractivity contribution in [1.29, 1.82) is 5.26 Å². The fraction of sp³-hybridized carbons (Fsp3) is 0.542. The van der Waals surface area contributed by atoms with Gasteiger partial charge in [-0.15, -0.1) is 0 Å². The molecule has 7 nitrogen and oxygen atoms in total. The summed E-state index contributed by atoms with van der Waals surface area (Å²) >= 11 is 0.